The lowest BCUT2D eigenvalue weighted by atomic mass is 9.90. The number of carbonyl (C=O) groups is 1. The molecule has 1 fully saturated rings. The van der Waals surface area contributed by atoms with E-state index in [0.29, 0.717) is 25.4 Å². The number of amides is 1. The number of para-hydroxylation sites is 1. The highest BCUT2D eigenvalue weighted by molar-refractivity contribution is 5.76. The molecule has 1 saturated heterocycles. The molecule has 0 bridgehead atoms. The van der Waals surface area contributed by atoms with Crippen molar-refractivity contribution in [1.82, 2.24) is 9.80 Å². The van der Waals surface area contributed by atoms with Crippen LogP contribution >= 0.6 is 0 Å². The zero-order valence-electron chi connectivity index (χ0n) is 14.5. The topological polar surface area (TPSA) is 32.8 Å². The van der Waals surface area contributed by atoms with E-state index in [1.165, 1.54) is 0 Å². The first-order valence-corrected chi connectivity index (χ1v) is 8.71. The van der Waals surface area contributed by atoms with E-state index in [1.54, 1.807) is 0 Å². The van der Waals surface area contributed by atoms with E-state index in [2.05, 4.69) is 31.9 Å². The molecule has 126 valence electrons. The zero-order chi connectivity index (χ0) is 16.4. The standard InChI is InChI=1S/C19H28N2O2/c1-15(2)12-18(22)21-13-16-6-4-5-7-17(16)23-19(14-21)8-10-20(3)11-9-19/h4-7,15H,8-14H2,1-3H3. The van der Waals surface area contributed by atoms with E-state index in [-0.39, 0.29) is 11.5 Å². The Labute approximate surface area is 139 Å². The number of benzene rings is 1. The molecule has 23 heavy (non-hydrogen) atoms. The number of hydrogen-bond acceptors (Lipinski definition) is 3. The molecule has 0 atom stereocenters. The molecule has 0 unspecified atom stereocenters. The molecule has 0 aliphatic carbocycles. The quantitative estimate of drug-likeness (QED) is 0.841. The van der Waals surface area contributed by atoms with Crippen molar-refractivity contribution in [2.24, 2.45) is 5.92 Å². The minimum absolute atomic E-state index is 0.230. The Balaban J connectivity index is 1.88. The summed E-state index contributed by atoms with van der Waals surface area (Å²) in [6, 6.07) is 8.18. The molecule has 4 heteroatoms. The summed E-state index contributed by atoms with van der Waals surface area (Å²) in [4.78, 5) is 17.1. The summed E-state index contributed by atoms with van der Waals surface area (Å²) < 4.78 is 6.50. The number of piperidine rings is 1. The van der Waals surface area contributed by atoms with Crippen LogP contribution in [0.4, 0.5) is 0 Å². The smallest absolute Gasteiger partial charge is 0.223 e. The molecular weight excluding hydrogens is 288 g/mol. The van der Waals surface area contributed by atoms with Crippen LogP contribution < -0.4 is 4.74 Å². The van der Waals surface area contributed by atoms with E-state index in [1.807, 2.05) is 23.1 Å². The van der Waals surface area contributed by atoms with Crippen LogP contribution in [0, 0.1) is 5.92 Å². The van der Waals surface area contributed by atoms with E-state index >= 15 is 0 Å². The third kappa shape index (κ3) is 3.69. The molecule has 0 aromatic heterocycles. The van der Waals surface area contributed by atoms with E-state index < -0.39 is 0 Å². The molecule has 0 N–H and O–H groups in total. The maximum Gasteiger partial charge on any atom is 0.223 e. The number of ether oxygens (including phenoxy) is 1. The third-order valence-corrected chi connectivity index (χ3v) is 4.97. The number of carbonyl (C=O) groups excluding carboxylic acids is 1. The predicted octanol–water partition coefficient (Wildman–Crippen LogP) is 2.92. The van der Waals surface area contributed by atoms with Gasteiger partial charge in [-0.05, 0) is 19.0 Å². The van der Waals surface area contributed by atoms with Gasteiger partial charge in [0.15, 0.2) is 0 Å². The largest absolute Gasteiger partial charge is 0.485 e. The van der Waals surface area contributed by atoms with Crippen molar-refractivity contribution in [1.29, 1.82) is 0 Å². The van der Waals surface area contributed by atoms with Crippen molar-refractivity contribution in [3.63, 3.8) is 0 Å². The lowest BCUT2D eigenvalue weighted by Crippen LogP contribution is -2.53. The van der Waals surface area contributed by atoms with Gasteiger partial charge in [0.2, 0.25) is 5.91 Å². The van der Waals surface area contributed by atoms with Crippen LogP contribution in [0.1, 0.15) is 38.7 Å². The molecule has 0 saturated carbocycles. The van der Waals surface area contributed by atoms with Crippen molar-refractivity contribution >= 4 is 5.91 Å². The molecule has 1 spiro atoms. The molecular formula is C19H28N2O2. The van der Waals surface area contributed by atoms with Gasteiger partial charge in [-0.25, -0.2) is 0 Å². The van der Waals surface area contributed by atoms with Gasteiger partial charge in [0, 0.05) is 44.5 Å². The summed E-state index contributed by atoms with van der Waals surface area (Å²) in [5.41, 5.74) is 0.895. The summed E-state index contributed by atoms with van der Waals surface area (Å²) in [5, 5.41) is 0. The minimum Gasteiger partial charge on any atom is -0.485 e. The highest BCUT2D eigenvalue weighted by Crippen LogP contribution is 2.35. The molecule has 1 aromatic carbocycles. The van der Waals surface area contributed by atoms with Crippen LogP contribution in [0.15, 0.2) is 24.3 Å². The van der Waals surface area contributed by atoms with Crippen LogP contribution in [0.3, 0.4) is 0 Å². The first kappa shape index (κ1) is 16.3. The molecule has 1 amide bonds. The first-order valence-electron chi connectivity index (χ1n) is 8.71. The summed E-state index contributed by atoms with van der Waals surface area (Å²) in [6.45, 7) is 7.63. The summed E-state index contributed by atoms with van der Waals surface area (Å²) in [5.74, 6) is 1.59. The van der Waals surface area contributed by atoms with Crippen LogP contribution in [0.5, 0.6) is 5.75 Å². The molecule has 1 aromatic rings. The maximum atomic E-state index is 12.7. The van der Waals surface area contributed by atoms with Gasteiger partial charge in [-0.15, -0.1) is 0 Å². The molecule has 2 aliphatic rings. The fraction of sp³-hybridized carbons (Fsp3) is 0.632. The maximum absolute atomic E-state index is 12.7. The monoisotopic (exact) mass is 316 g/mol. The third-order valence-electron chi connectivity index (χ3n) is 4.97. The van der Waals surface area contributed by atoms with E-state index in [0.717, 1.165) is 37.2 Å². The summed E-state index contributed by atoms with van der Waals surface area (Å²) >= 11 is 0. The Hall–Kier alpha value is -1.55. The van der Waals surface area contributed by atoms with Crippen molar-refractivity contribution in [2.45, 2.75) is 45.3 Å². The second kappa shape index (κ2) is 6.52. The van der Waals surface area contributed by atoms with Gasteiger partial charge in [0.1, 0.15) is 11.4 Å². The van der Waals surface area contributed by atoms with Crippen molar-refractivity contribution in [3.8, 4) is 5.75 Å². The Morgan fingerprint density at radius 2 is 1.96 bits per heavy atom. The summed E-state index contributed by atoms with van der Waals surface area (Å²) in [7, 11) is 2.15. The lowest BCUT2D eigenvalue weighted by molar-refractivity contribution is -0.136. The Morgan fingerprint density at radius 3 is 2.65 bits per heavy atom. The van der Waals surface area contributed by atoms with Gasteiger partial charge in [-0.3, -0.25) is 4.79 Å². The number of likely N-dealkylation sites (tertiary alicyclic amines) is 1. The highest BCUT2D eigenvalue weighted by atomic mass is 16.5. The fourth-order valence-corrected chi connectivity index (χ4v) is 3.55. The van der Waals surface area contributed by atoms with Crippen LogP contribution in [-0.4, -0.2) is 48.0 Å². The van der Waals surface area contributed by atoms with Gasteiger partial charge in [0.05, 0.1) is 6.54 Å². The van der Waals surface area contributed by atoms with Gasteiger partial charge in [-0.2, -0.15) is 0 Å². The van der Waals surface area contributed by atoms with E-state index in [4.69, 9.17) is 4.74 Å². The average molecular weight is 316 g/mol. The Morgan fingerprint density at radius 1 is 1.26 bits per heavy atom. The minimum atomic E-state index is -0.230. The number of rotatable bonds is 2. The zero-order valence-corrected chi connectivity index (χ0v) is 14.5. The Bertz CT molecular complexity index is 562. The predicted molar refractivity (Wildman–Crippen MR) is 91.4 cm³/mol. The second-order valence-corrected chi connectivity index (χ2v) is 7.54. The van der Waals surface area contributed by atoms with Crippen molar-refractivity contribution < 1.29 is 9.53 Å². The molecule has 2 heterocycles. The number of fused-ring (bicyclic) bond motifs is 1. The number of nitrogens with zero attached hydrogens (tertiary/aromatic N) is 2. The van der Waals surface area contributed by atoms with Gasteiger partial charge < -0.3 is 14.5 Å². The molecule has 3 rings (SSSR count). The van der Waals surface area contributed by atoms with Crippen LogP contribution in [-0.2, 0) is 11.3 Å². The Kier molecular flexibility index (Phi) is 4.62. The fourth-order valence-electron chi connectivity index (χ4n) is 3.55. The normalized spacial score (nSPS) is 21.0. The van der Waals surface area contributed by atoms with Crippen molar-refractivity contribution in [3.05, 3.63) is 29.8 Å². The lowest BCUT2D eigenvalue weighted by Gasteiger charge is -2.41. The molecule has 4 nitrogen and oxygen atoms in total. The van der Waals surface area contributed by atoms with Gasteiger partial charge >= 0.3 is 0 Å². The van der Waals surface area contributed by atoms with E-state index in [9.17, 15) is 4.79 Å². The van der Waals surface area contributed by atoms with Crippen LogP contribution in [0.25, 0.3) is 0 Å². The van der Waals surface area contributed by atoms with Gasteiger partial charge in [0.25, 0.3) is 0 Å². The van der Waals surface area contributed by atoms with Gasteiger partial charge in [-0.1, -0.05) is 32.0 Å². The van der Waals surface area contributed by atoms with Crippen molar-refractivity contribution in [2.75, 3.05) is 26.7 Å². The average Bonchev–Trinajstić information content (AvgIpc) is 2.66. The second-order valence-electron chi connectivity index (χ2n) is 7.54. The molecule has 2 aliphatic heterocycles. The molecule has 0 radical (unpaired) electrons. The first-order chi connectivity index (χ1) is 11.0. The van der Waals surface area contributed by atoms with Crippen LogP contribution in [0.2, 0.25) is 0 Å². The SMILES string of the molecule is CC(C)CC(=O)N1Cc2ccccc2OC2(CCN(C)CC2)C1. The summed E-state index contributed by atoms with van der Waals surface area (Å²) in [6.07, 6.45) is 2.56. The highest BCUT2D eigenvalue weighted by Gasteiger charge is 2.41. The number of hydrogen-bond donors (Lipinski definition) is 0.